The molecule has 0 bridgehead atoms. The first-order valence-electron chi connectivity index (χ1n) is 17.1. The Morgan fingerprint density at radius 3 is 1.28 bits per heavy atom. The van der Waals surface area contributed by atoms with Crippen molar-refractivity contribution in [2.75, 3.05) is 0 Å². The molecule has 0 aliphatic heterocycles. The summed E-state index contributed by atoms with van der Waals surface area (Å²) >= 11 is 2.91. The molecule has 4 heterocycles. The number of carbonyl (C=O) groups is 3. The predicted molar refractivity (Wildman–Crippen MR) is 208 cm³/mol. The number of thiophene rings is 2. The zero-order valence-electron chi connectivity index (χ0n) is 28.4. The van der Waals surface area contributed by atoms with Crippen LogP contribution in [0.1, 0.15) is 81.1 Å². The van der Waals surface area contributed by atoms with Gasteiger partial charge in [-0.1, -0.05) is 38.1 Å². The summed E-state index contributed by atoms with van der Waals surface area (Å²) in [6, 6.07) is 32.1. The fraction of sp³-hybridized carbons (Fsp3) is 0.186. The normalized spacial score (nSPS) is 13.0. The van der Waals surface area contributed by atoms with Crippen LogP contribution >= 0.6 is 22.7 Å². The van der Waals surface area contributed by atoms with Crippen LogP contribution in [-0.4, -0.2) is 26.5 Å². The molecule has 7 heteroatoms. The maximum atomic E-state index is 14.2. The van der Waals surface area contributed by atoms with Crippen molar-refractivity contribution >= 4 is 83.6 Å². The van der Waals surface area contributed by atoms with Gasteiger partial charge in [0.15, 0.2) is 0 Å². The van der Waals surface area contributed by atoms with Gasteiger partial charge in [0.2, 0.25) is 11.6 Å². The number of fused-ring (bicyclic) bond motifs is 6. The molecular weight excluding hydrogens is 657 g/mol. The molecule has 0 radical (unpaired) electrons. The van der Waals surface area contributed by atoms with E-state index in [9.17, 15) is 14.4 Å². The van der Waals surface area contributed by atoms with Crippen molar-refractivity contribution in [1.82, 2.24) is 9.13 Å². The summed E-state index contributed by atoms with van der Waals surface area (Å²) in [6.07, 6.45) is 0. The fourth-order valence-corrected chi connectivity index (χ4v) is 8.92. The van der Waals surface area contributed by atoms with Crippen LogP contribution in [0.15, 0.2) is 108 Å². The highest BCUT2D eigenvalue weighted by molar-refractivity contribution is 7.12. The summed E-state index contributed by atoms with van der Waals surface area (Å²) in [5.74, 6) is -0.486. The Bertz CT molecular complexity index is 2420. The Labute approximate surface area is 298 Å². The van der Waals surface area contributed by atoms with E-state index in [-0.39, 0.29) is 29.2 Å². The molecule has 0 fully saturated rings. The number of rotatable bonds is 10. The second-order valence-electron chi connectivity index (χ2n) is 13.0. The Kier molecular flexibility index (Phi) is 8.13. The van der Waals surface area contributed by atoms with Gasteiger partial charge < -0.3 is 9.13 Å². The molecule has 248 valence electrons. The van der Waals surface area contributed by atoms with Crippen LogP contribution < -0.4 is 0 Å². The van der Waals surface area contributed by atoms with Gasteiger partial charge in [0.05, 0.1) is 9.75 Å². The lowest BCUT2D eigenvalue weighted by Gasteiger charge is -2.18. The molecule has 4 aromatic carbocycles. The Morgan fingerprint density at radius 1 is 0.540 bits per heavy atom. The quantitative estimate of drug-likeness (QED) is 0.134. The van der Waals surface area contributed by atoms with E-state index < -0.39 is 0 Å². The first-order valence-corrected chi connectivity index (χ1v) is 18.9. The molecule has 4 aromatic heterocycles. The summed E-state index contributed by atoms with van der Waals surface area (Å²) in [7, 11) is 0. The first kappa shape index (κ1) is 32.1. The van der Waals surface area contributed by atoms with E-state index in [0.29, 0.717) is 11.1 Å². The lowest BCUT2D eigenvalue weighted by molar-refractivity contribution is -0.121. The van der Waals surface area contributed by atoms with Crippen molar-refractivity contribution in [3.05, 3.63) is 140 Å². The van der Waals surface area contributed by atoms with E-state index in [0.717, 1.165) is 77.6 Å². The number of Topliss-reactive ketones (excluding diaryl/α,β-unsaturated/α-hetero) is 1. The highest BCUT2D eigenvalue weighted by atomic mass is 32.1. The number of benzene rings is 4. The molecule has 50 heavy (non-hydrogen) atoms. The van der Waals surface area contributed by atoms with Crippen molar-refractivity contribution in [3.8, 4) is 0 Å². The van der Waals surface area contributed by atoms with E-state index in [4.69, 9.17) is 0 Å². The first-order chi connectivity index (χ1) is 24.3. The number of hydrogen-bond donors (Lipinski definition) is 0. The molecule has 0 spiro atoms. The molecule has 2 unspecified atom stereocenters. The van der Waals surface area contributed by atoms with Crippen LogP contribution in [-0.2, 0) is 17.9 Å². The smallest absolute Gasteiger partial charge is 0.202 e. The number of nitrogens with zero attached hydrogens (tertiary/aromatic N) is 2. The number of aromatic nitrogens is 2. The van der Waals surface area contributed by atoms with Gasteiger partial charge in [-0.05, 0) is 109 Å². The highest BCUT2D eigenvalue weighted by Crippen LogP contribution is 2.37. The predicted octanol–water partition coefficient (Wildman–Crippen LogP) is 11.0. The van der Waals surface area contributed by atoms with Crippen molar-refractivity contribution in [2.24, 2.45) is 0 Å². The highest BCUT2D eigenvalue weighted by Gasteiger charge is 2.25. The summed E-state index contributed by atoms with van der Waals surface area (Å²) in [6.45, 7) is 9.84. The number of aryl methyl sites for hydroxylation is 2. The van der Waals surface area contributed by atoms with Gasteiger partial charge in [-0.3, -0.25) is 14.4 Å². The van der Waals surface area contributed by atoms with E-state index in [1.54, 1.807) is 0 Å². The second kappa shape index (κ2) is 12.7. The van der Waals surface area contributed by atoms with E-state index in [1.165, 1.54) is 22.7 Å². The van der Waals surface area contributed by atoms with E-state index >= 15 is 0 Å². The Morgan fingerprint density at radius 2 is 0.920 bits per heavy atom. The molecule has 0 N–H and O–H groups in total. The molecule has 0 saturated carbocycles. The standard InChI is InChI=1S/C43H36N2O3S2/c1-5-44-35-15-11-27(21-31(35)33-23-29(13-17-37(33)44)42(47)39-9-7-19-49-39)25(3)41(46)26(4)28-12-16-36-32(22-28)34-24-30(14-18-38(34)45(36)6-2)43(48)40-10-8-20-50-40/h7-26H,5-6H2,1-4H3. The molecular formula is C43H36N2O3S2. The SMILES string of the molecule is CCn1c2ccc(C(=O)c3cccs3)cc2c2cc(C(C)C(=O)C(C)c3ccc4c(c3)c3cc(C(=O)c5cccs5)ccc3n4CC)ccc21. The van der Waals surface area contributed by atoms with Gasteiger partial charge in [0.1, 0.15) is 5.78 Å². The number of hydrogen-bond acceptors (Lipinski definition) is 5. The summed E-state index contributed by atoms with van der Waals surface area (Å²) in [5.41, 5.74) is 7.59. The third-order valence-electron chi connectivity index (χ3n) is 10.3. The van der Waals surface area contributed by atoms with Crippen molar-refractivity contribution in [3.63, 3.8) is 0 Å². The number of carbonyl (C=O) groups excluding carboxylic acids is 3. The second-order valence-corrected chi connectivity index (χ2v) is 14.9. The van der Waals surface area contributed by atoms with Crippen LogP contribution in [0.25, 0.3) is 43.6 Å². The summed E-state index contributed by atoms with van der Waals surface area (Å²) < 4.78 is 4.54. The van der Waals surface area contributed by atoms with Gasteiger partial charge in [-0.25, -0.2) is 0 Å². The van der Waals surface area contributed by atoms with Gasteiger partial charge in [-0.15, -0.1) is 22.7 Å². The number of ketones is 3. The molecule has 5 nitrogen and oxygen atoms in total. The molecule has 0 aliphatic rings. The molecule has 0 saturated heterocycles. The molecule has 8 rings (SSSR count). The lowest BCUT2D eigenvalue weighted by Crippen LogP contribution is -2.16. The van der Waals surface area contributed by atoms with Gasteiger partial charge in [0.25, 0.3) is 0 Å². The van der Waals surface area contributed by atoms with E-state index in [1.807, 2.05) is 85.3 Å². The van der Waals surface area contributed by atoms with Crippen LogP contribution in [0.2, 0.25) is 0 Å². The third kappa shape index (κ3) is 5.15. The van der Waals surface area contributed by atoms with Gasteiger partial charge in [0, 0.05) is 79.7 Å². The van der Waals surface area contributed by atoms with Crippen LogP contribution in [0.5, 0.6) is 0 Å². The zero-order valence-corrected chi connectivity index (χ0v) is 30.0. The maximum absolute atomic E-state index is 14.2. The maximum Gasteiger partial charge on any atom is 0.202 e. The van der Waals surface area contributed by atoms with Crippen LogP contribution in [0.3, 0.4) is 0 Å². The van der Waals surface area contributed by atoms with Gasteiger partial charge in [-0.2, -0.15) is 0 Å². The topological polar surface area (TPSA) is 61.1 Å². The van der Waals surface area contributed by atoms with Gasteiger partial charge >= 0.3 is 0 Å². The van der Waals surface area contributed by atoms with Crippen LogP contribution in [0.4, 0.5) is 0 Å². The lowest BCUT2D eigenvalue weighted by atomic mass is 9.85. The molecule has 8 aromatic rings. The summed E-state index contributed by atoms with van der Waals surface area (Å²) in [5, 5.41) is 7.99. The Hall–Kier alpha value is -5.11. The monoisotopic (exact) mass is 692 g/mol. The van der Waals surface area contributed by atoms with Crippen LogP contribution in [0, 0.1) is 0 Å². The minimum absolute atomic E-state index is 0.0252. The Balaban J connectivity index is 1.15. The largest absolute Gasteiger partial charge is 0.341 e. The molecule has 0 aliphatic carbocycles. The third-order valence-corrected chi connectivity index (χ3v) is 12.0. The van der Waals surface area contributed by atoms with Crippen molar-refractivity contribution in [1.29, 1.82) is 0 Å². The average molecular weight is 693 g/mol. The molecule has 2 atom stereocenters. The summed E-state index contributed by atoms with van der Waals surface area (Å²) in [4.78, 5) is 42.2. The zero-order chi connectivity index (χ0) is 34.7. The van der Waals surface area contributed by atoms with Crippen molar-refractivity contribution in [2.45, 2.75) is 52.6 Å². The average Bonchev–Trinajstić information content (AvgIpc) is 3.98. The van der Waals surface area contributed by atoms with Crippen molar-refractivity contribution < 1.29 is 14.4 Å². The fourth-order valence-electron chi connectivity index (χ4n) is 7.55. The molecule has 0 amide bonds. The van der Waals surface area contributed by atoms with E-state index in [2.05, 4.69) is 59.4 Å². The minimum Gasteiger partial charge on any atom is -0.341 e. The minimum atomic E-state index is -0.340.